The topological polar surface area (TPSA) is 49.9 Å². The lowest BCUT2D eigenvalue weighted by Crippen LogP contribution is -2.40. The van der Waals surface area contributed by atoms with Gasteiger partial charge in [-0.05, 0) is 50.5 Å². The van der Waals surface area contributed by atoms with Crippen LogP contribution in [0, 0.1) is 0 Å². The van der Waals surface area contributed by atoms with Crippen LogP contribution in [0.25, 0.3) is 0 Å². The number of carbonyl (C=O) groups excluding carboxylic acids is 2. The zero-order valence-corrected chi connectivity index (χ0v) is 15.3. The van der Waals surface area contributed by atoms with E-state index in [1.807, 2.05) is 32.9 Å². The van der Waals surface area contributed by atoms with Gasteiger partial charge in [-0.3, -0.25) is 4.79 Å². The molecule has 130 valence electrons. The van der Waals surface area contributed by atoms with E-state index < -0.39 is 5.60 Å². The molecule has 1 fully saturated rings. The van der Waals surface area contributed by atoms with E-state index in [1.54, 1.807) is 9.80 Å². The van der Waals surface area contributed by atoms with E-state index in [0.717, 1.165) is 17.7 Å². The largest absolute Gasteiger partial charge is 0.444 e. The summed E-state index contributed by atoms with van der Waals surface area (Å²) in [5.74, 6) is 0.106. The minimum atomic E-state index is -0.497. The molecule has 0 N–H and O–H groups in total. The number of carbonyl (C=O) groups is 2. The van der Waals surface area contributed by atoms with E-state index in [4.69, 9.17) is 4.74 Å². The molecule has 2 heterocycles. The van der Waals surface area contributed by atoms with Gasteiger partial charge in [0.15, 0.2) is 0 Å². The van der Waals surface area contributed by atoms with Gasteiger partial charge in [-0.25, -0.2) is 4.79 Å². The number of rotatable bonds is 1. The number of thiol groups is 1. The normalized spacial score (nSPS) is 21.0. The summed E-state index contributed by atoms with van der Waals surface area (Å²) in [7, 11) is 0. The molecule has 2 aliphatic rings. The molecule has 1 atom stereocenters. The van der Waals surface area contributed by atoms with Gasteiger partial charge in [0, 0.05) is 37.0 Å². The molecule has 1 aromatic carbocycles. The number of hydrogen-bond donors (Lipinski definition) is 1. The Morgan fingerprint density at radius 2 is 2.04 bits per heavy atom. The second kappa shape index (κ2) is 6.31. The molecule has 0 spiro atoms. The van der Waals surface area contributed by atoms with Crippen molar-refractivity contribution < 1.29 is 14.3 Å². The van der Waals surface area contributed by atoms with Gasteiger partial charge in [-0.1, -0.05) is 6.07 Å². The zero-order valence-electron chi connectivity index (χ0n) is 14.4. The van der Waals surface area contributed by atoms with E-state index in [9.17, 15) is 9.59 Å². The monoisotopic (exact) mass is 348 g/mol. The Labute approximate surface area is 148 Å². The van der Waals surface area contributed by atoms with Crippen LogP contribution < -0.4 is 4.90 Å². The highest BCUT2D eigenvalue weighted by molar-refractivity contribution is 7.81. The van der Waals surface area contributed by atoms with Crippen molar-refractivity contribution in [2.75, 3.05) is 18.0 Å². The number of anilines is 1. The summed E-state index contributed by atoms with van der Waals surface area (Å²) in [6, 6.07) is 6.08. The van der Waals surface area contributed by atoms with E-state index in [0.29, 0.717) is 26.1 Å². The Morgan fingerprint density at radius 1 is 1.29 bits per heavy atom. The second-order valence-electron chi connectivity index (χ2n) is 7.47. The third-order valence-electron chi connectivity index (χ3n) is 4.27. The zero-order chi connectivity index (χ0) is 17.5. The van der Waals surface area contributed by atoms with Crippen LogP contribution in [0.3, 0.4) is 0 Å². The number of ether oxygens (including phenoxy) is 1. The molecule has 1 unspecified atom stereocenters. The number of amides is 2. The molecule has 6 heteroatoms. The molecule has 2 amide bonds. The maximum absolute atomic E-state index is 12.3. The lowest BCUT2D eigenvalue weighted by molar-refractivity contribution is -0.117. The van der Waals surface area contributed by atoms with Gasteiger partial charge < -0.3 is 14.5 Å². The Bertz CT molecular complexity index is 669. The minimum absolute atomic E-state index is 0.0896. The predicted molar refractivity (Wildman–Crippen MR) is 96.5 cm³/mol. The summed E-state index contributed by atoms with van der Waals surface area (Å²) >= 11 is 4.41. The maximum Gasteiger partial charge on any atom is 0.410 e. The van der Waals surface area contributed by atoms with Crippen LogP contribution in [0.1, 0.15) is 38.3 Å². The molecule has 5 nitrogen and oxygen atoms in total. The first kappa shape index (κ1) is 17.1. The summed E-state index contributed by atoms with van der Waals surface area (Å²) in [6.45, 7) is 7.42. The van der Waals surface area contributed by atoms with Crippen molar-refractivity contribution in [3.8, 4) is 0 Å². The Morgan fingerprint density at radius 3 is 2.67 bits per heavy atom. The van der Waals surface area contributed by atoms with Crippen molar-refractivity contribution in [3.63, 3.8) is 0 Å². The van der Waals surface area contributed by atoms with Crippen LogP contribution in [0.4, 0.5) is 10.5 Å². The molecular formula is C18H24N2O3S. The van der Waals surface area contributed by atoms with Gasteiger partial charge in [0.2, 0.25) is 5.91 Å². The quantitative estimate of drug-likeness (QED) is 0.794. The molecular weight excluding hydrogens is 324 g/mol. The molecule has 0 aromatic heterocycles. The average molecular weight is 348 g/mol. The van der Waals surface area contributed by atoms with Crippen LogP contribution in [-0.4, -0.2) is 40.8 Å². The highest BCUT2D eigenvalue weighted by atomic mass is 32.1. The van der Waals surface area contributed by atoms with Gasteiger partial charge >= 0.3 is 6.09 Å². The highest BCUT2D eigenvalue weighted by Gasteiger charge is 2.30. The fourth-order valence-electron chi connectivity index (χ4n) is 3.13. The molecule has 0 aliphatic carbocycles. The standard InChI is InChI=1S/C18H24N2O3S/c1-18(2,3)23-17(22)19-7-6-12-4-5-14(8-13(12)10-19)20-11-15(24)9-16(20)21/h4-5,8,15,24H,6-7,9-11H2,1-3H3. The lowest BCUT2D eigenvalue weighted by Gasteiger charge is -2.31. The summed E-state index contributed by atoms with van der Waals surface area (Å²) in [4.78, 5) is 27.9. The SMILES string of the molecule is CC(C)(C)OC(=O)N1CCc2ccc(N3CC(S)CC3=O)cc2C1. The Hall–Kier alpha value is -1.69. The summed E-state index contributed by atoms with van der Waals surface area (Å²) in [6.07, 6.45) is 0.994. The van der Waals surface area contributed by atoms with Crippen LogP contribution >= 0.6 is 12.6 Å². The maximum atomic E-state index is 12.3. The Balaban J connectivity index is 1.77. The van der Waals surface area contributed by atoms with Crippen LogP contribution in [0.5, 0.6) is 0 Å². The van der Waals surface area contributed by atoms with Crippen molar-refractivity contribution in [1.82, 2.24) is 4.90 Å². The van der Waals surface area contributed by atoms with Gasteiger partial charge in [-0.2, -0.15) is 12.6 Å². The van der Waals surface area contributed by atoms with Gasteiger partial charge in [0.05, 0.1) is 0 Å². The van der Waals surface area contributed by atoms with Crippen LogP contribution in [0.15, 0.2) is 18.2 Å². The molecule has 3 rings (SSSR count). The molecule has 1 saturated heterocycles. The van der Waals surface area contributed by atoms with Crippen molar-refractivity contribution in [2.24, 2.45) is 0 Å². The number of nitrogens with zero attached hydrogens (tertiary/aromatic N) is 2. The van der Waals surface area contributed by atoms with Crippen LogP contribution in [0.2, 0.25) is 0 Å². The van der Waals surface area contributed by atoms with Gasteiger partial charge in [0.1, 0.15) is 5.60 Å². The fourth-order valence-corrected chi connectivity index (χ4v) is 3.45. The first-order chi connectivity index (χ1) is 11.2. The van der Waals surface area contributed by atoms with Gasteiger partial charge in [-0.15, -0.1) is 0 Å². The fraction of sp³-hybridized carbons (Fsp3) is 0.556. The Kier molecular flexibility index (Phi) is 4.51. The molecule has 0 saturated carbocycles. The van der Waals surface area contributed by atoms with E-state index in [-0.39, 0.29) is 17.3 Å². The van der Waals surface area contributed by atoms with Crippen molar-refractivity contribution in [3.05, 3.63) is 29.3 Å². The van der Waals surface area contributed by atoms with Gasteiger partial charge in [0.25, 0.3) is 0 Å². The minimum Gasteiger partial charge on any atom is -0.444 e. The van der Waals surface area contributed by atoms with Crippen molar-refractivity contribution in [1.29, 1.82) is 0 Å². The number of fused-ring (bicyclic) bond motifs is 1. The van der Waals surface area contributed by atoms with E-state index in [2.05, 4.69) is 18.7 Å². The third kappa shape index (κ3) is 3.69. The summed E-state index contributed by atoms with van der Waals surface area (Å²) in [5, 5.41) is 0.0896. The first-order valence-corrected chi connectivity index (χ1v) is 8.83. The predicted octanol–water partition coefficient (Wildman–Crippen LogP) is 3.01. The third-order valence-corrected chi connectivity index (χ3v) is 4.62. The molecule has 0 radical (unpaired) electrons. The van der Waals surface area contributed by atoms with E-state index >= 15 is 0 Å². The molecule has 24 heavy (non-hydrogen) atoms. The highest BCUT2D eigenvalue weighted by Crippen LogP contribution is 2.29. The van der Waals surface area contributed by atoms with Crippen molar-refractivity contribution in [2.45, 2.75) is 51.0 Å². The lowest BCUT2D eigenvalue weighted by atomic mass is 9.99. The molecule has 0 bridgehead atoms. The number of benzene rings is 1. The summed E-state index contributed by atoms with van der Waals surface area (Å²) in [5.41, 5.74) is 2.71. The average Bonchev–Trinajstić information content (AvgIpc) is 2.83. The second-order valence-corrected chi connectivity index (χ2v) is 8.20. The molecule has 2 aliphatic heterocycles. The van der Waals surface area contributed by atoms with Crippen molar-refractivity contribution >= 4 is 30.3 Å². The summed E-state index contributed by atoms with van der Waals surface area (Å²) < 4.78 is 5.47. The smallest absolute Gasteiger partial charge is 0.410 e. The van der Waals surface area contributed by atoms with E-state index in [1.165, 1.54) is 5.56 Å². The first-order valence-electron chi connectivity index (χ1n) is 8.31. The van der Waals surface area contributed by atoms with Crippen LogP contribution in [-0.2, 0) is 22.5 Å². The number of hydrogen-bond acceptors (Lipinski definition) is 4. The molecule has 1 aromatic rings.